The van der Waals surface area contributed by atoms with Gasteiger partial charge in [0.05, 0.1) is 18.3 Å². The molecule has 0 aliphatic carbocycles. The largest absolute Gasteiger partial charge is 0.395 e. The number of carbonyl (C=O) groups excluding carboxylic acids is 1. The normalized spacial score (nSPS) is 15.3. The SMILES string of the molecule is CN1Sc2cc(Cl)ccc2C(NCCCCCCC(=O)NCCO)c2ccccc21. The minimum atomic E-state index is -0.00859. The Morgan fingerprint density at radius 1 is 1.10 bits per heavy atom. The van der Waals surface area contributed by atoms with E-state index in [2.05, 4.69) is 52.3 Å². The monoisotopic (exact) mass is 447 g/mol. The van der Waals surface area contributed by atoms with Crippen LogP contribution in [0.25, 0.3) is 0 Å². The average Bonchev–Trinajstić information content (AvgIpc) is 2.85. The first-order valence-corrected chi connectivity index (χ1v) is 11.7. The van der Waals surface area contributed by atoms with E-state index in [1.807, 2.05) is 12.1 Å². The highest BCUT2D eigenvalue weighted by Gasteiger charge is 2.26. The second-order valence-electron chi connectivity index (χ2n) is 7.45. The standard InChI is InChI=1S/C23H30ClN3O2S/c1-27-20-9-6-5-8-18(20)23(19-12-11-17(24)16-21(19)30-27)26-13-7-3-2-4-10-22(29)25-14-15-28/h5-6,8-9,11-12,16,23,26,28H,2-4,7,10,13-15H2,1H3,(H,25,29). The van der Waals surface area contributed by atoms with Gasteiger partial charge < -0.3 is 20.0 Å². The molecule has 0 bridgehead atoms. The number of aliphatic hydroxyl groups excluding tert-OH is 1. The van der Waals surface area contributed by atoms with Crippen molar-refractivity contribution in [3.63, 3.8) is 0 Å². The number of hydrogen-bond donors (Lipinski definition) is 3. The number of carbonyl (C=O) groups is 1. The first-order valence-electron chi connectivity index (χ1n) is 10.5. The zero-order chi connectivity index (χ0) is 21.3. The van der Waals surface area contributed by atoms with Crippen LogP contribution in [0.5, 0.6) is 0 Å². The number of fused-ring (bicyclic) bond motifs is 2. The van der Waals surface area contributed by atoms with Crippen LogP contribution in [0.4, 0.5) is 5.69 Å². The Bertz CT molecular complexity index is 849. The van der Waals surface area contributed by atoms with Crippen molar-refractivity contribution in [2.24, 2.45) is 0 Å². The summed E-state index contributed by atoms with van der Waals surface area (Å²) in [6.07, 6.45) is 4.58. The summed E-state index contributed by atoms with van der Waals surface area (Å²) < 4.78 is 2.20. The van der Waals surface area contributed by atoms with Crippen LogP contribution in [-0.4, -0.2) is 37.8 Å². The van der Waals surface area contributed by atoms with Gasteiger partial charge in [0.2, 0.25) is 5.91 Å². The van der Waals surface area contributed by atoms with Gasteiger partial charge in [0.15, 0.2) is 0 Å². The predicted molar refractivity (Wildman–Crippen MR) is 125 cm³/mol. The van der Waals surface area contributed by atoms with Crippen molar-refractivity contribution in [2.45, 2.75) is 43.0 Å². The van der Waals surface area contributed by atoms with Crippen LogP contribution in [0.15, 0.2) is 47.4 Å². The summed E-state index contributed by atoms with van der Waals surface area (Å²) in [4.78, 5) is 12.7. The zero-order valence-corrected chi connectivity index (χ0v) is 18.9. The molecule has 0 spiro atoms. The number of nitrogens with zero attached hydrogens (tertiary/aromatic N) is 1. The van der Waals surface area contributed by atoms with E-state index in [-0.39, 0.29) is 18.6 Å². The quantitative estimate of drug-likeness (QED) is 0.368. The van der Waals surface area contributed by atoms with E-state index >= 15 is 0 Å². The van der Waals surface area contributed by atoms with Gasteiger partial charge >= 0.3 is 0 Å². The maximum atomic E-state index is 11.6. The van der Waals surface area contributed by atoms with Gasteiger partial charge in [-0.3, -0.25) is 4.79 Å². The molecule has 0 saturated heterocycles. The number of benzene rings is 2. The van der Waals surface area contributed by atoms with Gasteiger partial charge in [0, 0.05) is 29.9 Å². The molecular formula is C23H30ClN3O2S. The minimum absolute atomic E-state index is 0.00859. The van der Waals surface area contributed by atoms with Gasteiger partial charge in [-0.2, -0.15) is 0 Å². The molecule has 0 fully saturated rings. The van der Waals surface area contributed by atoms with Crippen molar-refractivity contribution in [1.82, 2.24) is 10.6 Å². The molecular weight excluding hydrogens is 418 g/mol. The Kier molecular flexibility index (Phi) is 8.88. The van der Waals surface area contributed by atoms with Crippen LogP contribution in [0.3, 0.4) is 0 Å². The molecule has 2 aromatic rings. The van der Waals surface area contributed by atoms with Gasteiger partial charge in [0.1, 0.15) is 0 Å². The second-order valence-corrected chi connectivity index (χ2v) is 9.06. The Labute approximate surface area is 188 Å². The average molecular weight is 448 g/mol. The molecule has 1 aliphatic rings. The number of nitrogens with one attached hydrogen (secondary N) is 2. The number of unbranched alkanes of at least 4 members (excludes halogenated alkanes) is 3. The van der Waals surface area contributed by atoms with E-state index in [4.69, 9.17) is 16.7 Å². The van der Waals surface area contributed by atoms with Crippen molar-refractivity contribution >= 4 is 35.1 Å². The lowest BCUT2D eigenvalue weighted by molar-refractivity contribution is -0.121. The molecule has 1 unspecified atom stereocenters. The molecule has 2 aromatic carbocycles. The maximum absolute atomic E-state index is 11.6. The fraction of sp³-hybridized carbons (Fsp3) is 0.435. The van der Waals surface area contributed by atoms with Gasteiger partial charge in [0.25, 0.3) is 0 Å². The van der Waals surface area contributed by atoms with Crippen LogP contribution >= 0.6 is 23.5 Å². The molecule has 30 heavy (non-hydrogen) atoms. The van der Waals surface area contributed by atoms with Crippen molar-refractivity contribution < 1.29 is 9.90 Å². The summed E-state index contributed by atoms with van der Waals surface area (Å²) in [5, 5.41) is 15.9. The third-order valence-corrected chi connectivity index (χ3v) is 6.48. The van der Waals surface area contributed by atoms with E-state index in [1.165, 1.54) is 21.7 Å². The van der Waals surface area contributed by atoms with E-state index in [0.29, 0.717) is 13.0 Å². The Hall–Kier alpha value is -1.73. The van der Waals surface area contributed by atoms with E-state index in [1.54, 1.807) is 11.9 Å². The molecule has 5 nitrogen and oxygen atoms in total. The summed E-state index contributed by atoms with van der Waals surface area (Å²) in [5.41, 5.74) is 3.73. The maximum Gasteiger partial charge on any atom is 0.220 e. The van der Waals surface area contributed by atoms with Gasteiger partial charge in [-0.15, -0.1) is 0 Å². The number of aliphatic hydroxyl groups is 1. The van der Waals surface area contributed by atoms with E-state index < -0.39 is 0 Å². The lowest BCUT2D eigenvalue weighted by atomic mass is 9.96. The third kappa shape index (κ3) is 6.14. The fourth-order valence-corrected chi connectivity index (χ4v) is 4.99. The molecule has 1 amide bonds. The Morgan fingerprint density at radius 3 is 2.73 bits per heavy atom. The first kappa shape index (κ1) is 22.9. The molecule has 1 heterocycles. The molecule has 162 valence electrons. The van der Waals surface area contributed by atoms with Crippen molar-refractivity contribution in [2.75, 3.05) is 31.0 Å². The van der Waals surface area contributed by atoms with Crippen molar-refractivity contribution in [3.8, 4) is 0 Å². The summed E-state index contributed by atoms with van der Waals surface area (Å²) in [7, 11) is 2.09. The highest BCUT2D eigenvalue weighted by atomic mass is 35.5. The third-order valence-electron chi connectivity index (χ3n) is 5.22. The lowest BCUT2D eigenvalue weighted by Gasteiger charge is -2.22. The van der Waals surface area contributed by atoms with Gasteiger partial charge in [-0.25, -0.2) is 0 Å². The van der Waals surface area contributed by atoms with Crippen LogP contribution < -0.4 is 14.9 Å². The highest BCUT2D eigenvalue weighted by Crippen LogP contribution is 2.43. The molecule has 0 aromatic heterocycles. The second kappa shape index (κ2) is 11.6. The Morgan fingerprint density at radius 2 is 1.90 bits per heavy atom. The van der Waals surface area contributed by atoms with Crippen molar-refractivity contribution in [3.05, 3.63) is 58.6 Å². The lowest BCUT2D eigenvalue weighted by Crippen LogP contribution is -2.26. The van der Waals surface area contributed by atoms with Crippen LogP contribution in [-0.2, 0) is 4.79 Å². The molecule has 7 heteroatoms. The smallest absolute Gasteiger partial charge is 0.220 e. The summed E-state index contributed by atoms with van der Waals surface area (Å²) in [6.45, 7) is 1.24. The predicted octanol–water partition coefficient (Wildman–Crippen LogP) is 4.53. The zero-order valence-electron chi connectivity index (χ0n) is 17.4. The van der Waals surface area contributed by atoms with Crippen molar-refractivity contribution in [1.29, 1.82) is 0 Å². The number of amides is 1. The van der Waals surface area contributed by atoms with Crippen LogP contribution in [0.2, 0.25) is 5.02 Å². The number of halogens is 1. The molecule has 3 rings (SSSR count). The number of anilines is 1. The highest BCUT2D eigenvalue weighted by molar-refractivity contribution is 8.00. The topological polar surface area (TPSA) is 64.6 Å². The fourth-order valence-electron chi connectivity index (χ4n) is 3.72. The van der Waals surface area contributed by atoms with Crippen LogP contribution in [0, 0.1) is 0 Å². The number of hydrogen-bond acceptors (Lipinski definition) is 5. The number of para-hydroxylation sites is 1. The minimum Gasteiger partial charge on any atom is -0.395 e. The Balaban J connectivity index is 1.56. The summed E-state index contributed by atoms with van der Waals surface area (Å²) in [5.74, 6) is 0.0223. The van der Waals surface area contributed by atoms with E-state index in [0.717, 1.165) is 37.3 Å². The van der Waals surface area contributed by atoms with Gasteiger partial charge in [-0.05, 0) is 60.7 Å². The molecule has 0 radical (unpaired) electrons. The first-order chi connectivity index (χ1) is 14.6. The molecule has 1 atom stereocenters. The molecule has 0 saturated carbocycles. The summed E-state index contributed by atoms with van der Waals surface area (Å²) in [6, 6.07) is 14.8. The molecule has 1 aliphatic heterocycles. The summed E-state index contributed by atoms with van der Waals surface area (Å²) >= 11 is 7.98. The number of rotatable bonds is 10. The van der Waals surface area contributed by atoms with Crippen LogP contribution in [0.1, 0.15) is 49.3 Å². The van der Waals surface area contributed by atoms with E-state index in [9.17, 15) is 4.79 Å². The van der Waals surface area contributed by atoms with Gasteiger partial charge in [-0.1, -0.05) is 48.7 Å². The molecule has 3 N–H and O–H groups in total.